The van der Waals surface area contributed by atoms with Gasteiger partial charge >= 0.3 is 0 Å². The van der Waals surface area contributed by atoms with Crippen LogP contribution in [0.2, 0.25) is 0 Å². The molecular formula is C10H20N4OS. The number of nitrogens with two attached hydrogens (primary N) is 1. The number of aromatic nitrogens is 2. The molecule has 1 rings (SSSR count). The van der Waals surface area contributed by atoms with E-state index in [4.69, 9.17) is 10.6 Å². The van der Waals surface area contributed by atoms with Gasteiger partial charge in [0.05, 0.1) is 23.2 Å². The fraction of sp³-hybridized carbons (Fsp3) is 0.800. The van der Waals surface area contributed by atoms with Gasteiger partial charge in [-0.15, -0.1) is 5.10 Å². The molecule has 0 radical (unpaired) electrons. The Bertz CT molecular complexity index is 292. The summed E-state index contributed by atoms with van der Waals surface area (Å²) >= 11 is 1.40. The van der Waals surface area contributed by atoms with Crippen molar-refractivity contribution in [3.05, 3.63) is 10.6 Å². The molecule has 16 heavy (non-hydrogen) atoms. The second-order valence-corrected chi connectivity index (χ2v) is 4.41. The van der Waals surface area contributed by atoms with E-state index in [1.165, 1.54) is 11.5 Å². The highest BCUT2D eigenvalue weighted by molar-refractivity contribution is 7.05. The first-order valence-corrected chi connectivity index (χ1v) is 6.45. The second kappa shape index (κ2) is 7.67. The minimum atomic E-state index is 0.00750. The molecule has 0 amide bonds. The van der Waals surface area contributed by atoms with Gasteiger partial charge in [0.25, 0.3) is 0 Å². The quantitative estimate of drug-likeness (QED) is 0.411. The third-order valence-corrected chi connectivity index (χ3v) is 3.10. The van der Waals surface area contributed by atoms with Gasteiger partial charge in [-0.3, -0.25) is 5.84 Å². The number of hydrogen-bond donors (Lipinski definition) is 2. The van der Waals surface area contributed by atoms with Crippen molar-refractivity contribution in [3.63, 3.8) is 0 Å². The van der Waals surface area contributed by atoms with Gasteiger partial charge in [-0.25, -0.2) is 5.43 Å². The molecule has 3 N–H and O–H groups in total. The number of nitrogens with one attached hydrogen (secondary N) is 1. The van der Waals surface area contributed by atoms with E-state index >= 15 is 0 Å². The molecule has 1 aromatic rings. The predicted molar refractivity (Wildman–Crippen MR) is 65.1 cm³/mol. The van der Waals surface area contributed by atoms with Crippen LogP contribution in [0.1, 0.15) is 43.3 Å². The standard InChI is InChI=1S/C10H20N4OS/c1-3-5-8-10(16-14-13-8)9(12-11)7-15-6-4-2/h9,12H,3-7,11H2,1-2H3. The van der Waals surface area contributed by atoms with Crippen molar-refractivity contribution < 1.29 is 4.74 Å². The molecule has 1 unspecified atom stereocenters. The SMILES string of the molecule is CCCOCC(NN)c1snnc1CCC. The molecule has 0 spiro atoms. The third kappa shape index (κ3) is 3.79. The molecule has 0 bridgehead atoms. The molecule has 0 saturated carbocycles. The molecule has 0 fully saturated rings. The minimum absolute atomic E-state index is 0.00750. The Morgan fingerprint density at radius 2 is 2.25 bits per heavy atom. The Kier molecular flexibility index (Phi) is 6.47. The number of nitrogens with zero attached hydrogens (tertiary/aromatic N) is 2. The summed E-state index contributed by atoms with van der Waals surface area (Å²) in [6.45, 7) is 5.54. The number of ether oxygens (including phenoxy) is 1. The summed E-state index contributed by atoms with van der Waals surface area (Å²) in [5.74, 6) is 5.53. The zero-order valence-electron chi connectivity index (χ0n) is 9.90. The lowest BCUT2D eigenvalue weighted by molar-refractivity contribution is 0.112. The predicted octanol–water partition coefficient (Wildman–Crippen LogP) is 1.42. The van der Waals surface area contributed by atoms with Crippen LogP contribution in [-0.2, 0) is 11.2 Å². The summed E-state index contributed by atoms with van der Waals surface area (Å²) in [5, 5.41) is 4.12. The van der Waals surface area contributed by atoms with Crippen molar-refractivity contribution in [2.75, 3.05) is 13.2 Å². The Hall–Kier alpha value is -0.560. The second-order valence-electron chi connectivity index (χ2n) is 3.63. The van der Waals surface area contributed by atoms with E-state index in [0.717, 1.165) is 36.4 Å². The Balaban J connectivity index is 2.59. The van der Waals surface area contributed by atoms with Crippen LogP contribution in [0.15, 0.2) is 0 Å². The van der Waals surface area contributed by atoms with Gasteiger partial charge in [-0.05, 0) is 24.4 Å². The smallest absolute Gasteiger partial charge is 0.0821 e. The highest BCUT2D eigenvalue weighted by Gasteiger charge is 2.17. The van der Waals surface area contributed by atoms with E-state index in [1.54, 1.807) is 0 Å². The molecule has 92 valence electrons. The fourth-order valence-corrected chi connectivity index (χ4v) is 2.17. The lowest BCUT2D eigenvalue weighted by atomic mass is 10.1. The molecule has 0 aliphatic rings. The molecule has 5 nitrogen and oxygen atoms in total. The van der Waals surface area contributed by atoms with Crippen molar-refractivity contribution in [2.45, 2.75) is 39.2 Å². The first kappa shape index (κ1) is 13.5. The number of hydrazine groups is 1. The Morgan fingerprint density at radius 1 is 1.44 bits per heavy atom. The summed E-state index contributed by atoms with van der Waals surface area (Å²) in [5.41, 5.74) is 3.81. The highest BCUT2D eigenvalue weighted by Crippen LogP contribution is 2.21. The van der Waals surface area contributed by atoms with Crippen molar-refractivity contribution >= 4 is 11.5 Å². The van der Waals surface area contributed by atoms with Crippen LogP contribution in [0.5, 0.6) is 0 Å². The van der Waals surface area contributed by atoms with Crippen LogP contribution in [0.25, 0.3) is 0 Å². The van der Waals surface area contributed by atoms with Crippen LogP contribution in [0, 0.1) is 0 Å². The van der Waals surface area contributed by atoms with Gasteiger partial charge in [0.15, 0.2) is 0 Å². The van der Waals surface area contributed by atoms with E-state index in [2.05, 4.69) is 28.9 Å². The van der Waals surface area contributed by atoms with Gasteiger partial charge in [0.1, 0.15) is 0 Å². The van der Waals surface area contributed by atoms with Crippen molar-refractivity contribution in [1.29, 1.82) is 0 Å². The van der Waals surface area contributed by atoms with Crippen LogP contribution in [-0.4, -0.2) is 22.8 Å². The van der Waals surface area contributed by atoms with Gasteiger partial charge in [0.2, 0.25) is 0 Å². The monoisotopic (exact) mass is 244 g/mol. The van der Waals surface area contributed by atoms with Crippen LogP contribution in [0.4, 0.5) is 0 Å². The molecule has 0 saturated heterocycles. The number of aryl methyl sites for hydroxylation is 1. The van der Waals surface area contributed by atoms with E-state index in [0.29, 0.717) is 6.61 Å². The summed E-state index contributed by atoms with van der Waals surface area (Å²) in [6.07, 6.45) is 3.02. The van der Waals surface area contributed by atoms with E-state index < -0.39 is 0 Å². The molecular weight excluding hydrogens is 224 g/mol. The lowest BCUT2D eigenvalue weighted by Crippen LogP contribution is -2.31. The number of rotatable bonds is 8. The minimum Gasteiger partial charge on any atom is -0.379 e. The largest absolute Gasteiger partial charge is 0.379 e. The maximum Gasteiger partial charge on any atom is 0.0821 e. The molecule has 1 atom stereocenters. The van der Waals surface area contributed by atoms with Gasteiger partial charge in [0, 0.05) is 6.61 Å². The van der Waals surface area contributed by atoms with Crippen LogP contribution < -0.4 is 11.3 Å². The number of hydrogen-bond acceptors (Lipinski definition) is 6. The summed E-state index contributed by atoms with van der Waals surface area (Å²) in [4.78, 5) is 1.10. The van der Waals surface area contributed by atoms with E-state index in [9.17, 15) is 0 Å². The lowest BCUT2D eigenvalue weighted by Gasteiger charge is -2.14. The first-order valence-electron chi connectivity index (χ1n) is 5.68. The maximum atomic E-state index is 5.53. The average Bonchev–Trinajstić information content (AvgIpc) is 2.73. The van der Waals surface area contributed by atoms with Crippen LogP contribution in [0.3, 0.4) is 0 Å². The normalized spacial score (nSPS) is 12.9. The van der Waals surface area contributed by atoms with Crippen molar-refractivity contribution in [1.82, 2.24) is 15.0 Å². The Labute approximate surface area is 101 Å². The molecule has 1 aromatic heterocycles. The van der Waals surface area contributed by atoms with Crippen molar-refractivity contribution in [3.8, 4) is 0 Å². The van der Waals surface area contributed by atoms with Crippen LogP contribution >= 0.6 is 11.5 Å². The highest BCUT2D eigenvalue weighted by atomic mass is 32.1. The van der Waals surface area contributed by atoms with E-state index in [1.807, 2.05) is 0 Å². The molecule has 0 aromatic carbocycles. The maximum absolute atomic E-state index is 5.53. The van der Waals surface area contributed by atoms with Gasteiger partial charge < -0.3 is 4.74 Å². The summed E-state index contributed by atoms with van der Waals surface area (Å²) in [6, 6.07) is 0.00750. The Morgan fingerprint density at radius 3 is 2.88 bits per heavy atom. The summed E-state index contributed by atoms with van der Waals surface area (Å²) < 4.78 is 9.48. The van der Waals surface area contributed by atoms with Crippen molar-refractivity contribution in [2.24, 2.45) is 5.84 Å². The average molecular weight is 244 g/mol. The topological polar surface area (TPSA) is 73.1 Å². The zero-order valence-corrected chi connectivity index (χ0v) is 10.7. The van der Waals surface area contributed by atoms with Gasteiger partial charge in [-0.1, -0.05) is 24.8 Å². The summed E-state index contributed by atoms with van der Waals surface area (Å²) in [7, 11) is 0. The fourth-order valence-electron chi connectivity index (χ4n) is 1.44. The molecule has 1 heterocycles. The molecule has 0 aliphatic heterocycles. The third-order valence-electron chi connectivity index (χ3n) is 2.22. The van der Waals surface area contributed by atoms with E-state index in [-0.39, 0.29) is 6.04 Å². The first-order chi connectivity index (χ1) is 7.83. The molecule has 6 heteroatoms. The molecule has 0 aliphatic carbocycles. The zero-order chi connectivity index (χ0) is 11.8. The van der Waals surface area contributed by atoms with Gasteiger partial charge in [-0.2, -0.15) is 0 Å².